The number of aromatic nitrogens is 4. The first-order valence-electron chi connectivity index (χ1n) is 16.4. The SMILES string of the molecule is Nc1ncccc1-c1nc2ccc(-c3ccccc3)nc2n1-c1ccc(CN2CCC3(CC2)CN(C(=O)c2ccc(C=O)c(O)c2)C3)cc1. The lowest BCUT2D eigenvalue weighted by Crippen LogP contribution is -2.61. The Kier molecular flexibility index (Phi) is 7.64. The molecule has 2 aliphatic rings. The van der Waals surface area contributed by atoms with Crippen molar-refractivity contribution in [2.45, 2.75) is 19.4 Å². The van der Waals surface area contributed by atoms with Crippen LogP contribution in [0.3, 0.4) is 0 Å². The largest absolute Gasteiger partial charge is 0.507 e. The third kappa shape index (κ3) is 5.70. The maximum absolute atomic E-state index is 13.0. The van der Waals surface area contributed by atoms with E-state index in [9.17, 15) is 14.7 Å². The number of phenolic OH excluding ortho intramolecular Hbond substituents is 1. The summed E-state index contributed by atoms with van der Waals surface area (Å²) in [5, 5.41) is 10.0. The third-order valence-corrected chi connectivity index (χ3v) is 9.92. The van der Waals surface area contributed by atoms with Gasteiger partial charge in [0.25, 0.3) is 5.91 Å². The molecular weight excluding hydrogens is 614 g/mol. The van der Waals surface area contributed by atoms with E-state index in [1.54, 1.807) is 12.3 Å². The van der Waals surface area contributed by atoms with Crippen molar-refractivity contribution in [1.82, 2.24) is 29.3 Å². The van der Waals surface area contributed by atoms with E-state index in [1.807, 2.05) is 47.4 Å². The molecule has 8 rings (SSSR count). The Morgan fingerprint density at radius 2 is 1.67 bits per heavy atom. The van der Waals surface area contributed by atoms with E-state index in [0.717, 1.165) is 66.1 Å². The third-order valence-electron chi connectivity index (χ3n) is 9.92. The van der Waals surface area contributed by atoms with E-state index < -0.39 is 0 Å². The van der Waals surface area contributed by atoms with Crippen LogP contribution >= 0.6 is 0 Å². The quantitative estimate of drug-likeness (QED) is 0.202. The Hall–Kier alpha value is -5.87. The van der Waals surface area contributed by atoms with Gasteiger partial charge >= 0.3 is 0 Å². The molecule has 3 aromatic carbocycles. The summed E-state index contributed by atoms with van der Waals surface area (Å²) in [6.45, 7) is 4.19. The second-order valence-electron chi connectivity index (χ2n) is 13.1. The lowest BCUT2D eigenvalue weighted by molar-refractivity contribution is -0.0336. The molecule has 2 fully saturated rings. The van der Waals surface area contributed by atoms with Crippen LogP contribution in [0.1, 0.15) is 39.1 Å². The molecule has 0 radical (unpaired) electrons. The maximum atomic E-state index is 13.0. The molecule has 0 aliphatic carbocycles. The number of pyridine rings is 2. The van der Waals surface area contributed by atoms with Crippen LogP contribution in [0.4, 0.5) is 5.82 Å². The highest BCUT2D eigenvalue weighted by atomic mass is 16.3. The number of hydrogen-bond acceptors (Lipinski definition) is 8. The van der Waals surface area contributed by atoms with Crippen LogP contribution in [-0.2, 0) is 6.54 Å². The van der Waals surface area contributed by atoms with E-state index in [2.05, 4.69) is 50.8 Å². The maximum Gasteiger partial charge on any atom is 0.254 e. The summed E-state index contributed by atoms with van der Waals surface area (Å²) in [4.78, 5) is 42.7. The highest BCUT2D eigenvalue weighted by Gasteiger charge is 2.46. The minimum atomic E-state index is -0.164. The monoisotopic (exact) mass is 649 g/mol. The lowest BCUT2D eigenvalue weighted by Gasteiger charge is -2.54. The van der Waals surface area contributed by atoms with Gasteiger partial charge in [0.1, 0.15) is 17.1 Å². The average molecular weight is 650 g/mol. The number of anilines is 1. The van der Waals surface area contributed by atoms with Crippen LogP contribution in [0.15, 0.2) is 103 Å². The van der Waals surface area contributed by atoms with Crippen molar-refractivity contribution in [3.63, 3.8) is 0 Å². The van der Waals surface area contributed by atoms with Gasteiger partial charge in [0.15, 0.2) is 17.8 Å². The number of aldehydes is 1. The first-order chi connectivity index (χ1) is 23.9. The molecule has 6 aromatic rings. The van der Waals surface area contributed by atoms with E-state index in [4.69, 9.17) is 15.7 Å². The number of hydrogen-bond donors (Lipinski definition) is 2. The Bertz CT molecular complexity index is 2180. The molecule has 3 aromatic heterocycles. The van der Waals surface area contributed by atoms with Crippen molar-refractivity contribution >= 4 is 29.2 Å². The molecule has 5 heterocycles. The molecule has 49 heavy (non-hydrogen) atoms. The number of nitrogens with two attached hydrogens (primary N) is 1. The van der Waals surface area contributed by atoms with E-state index >= 15 is 0 Å². The summed E-state index contributed by atoms with van der Waals surface area (Å²) in [5.74, 6) is 0.833. The lowest BCUT2D eigenvalue weighted by atomic mass is 9.71. The van der Waals surface area contributed by atoms with Crippen LogP contribution in [-0.4, -0.2) is 72.8 Å². The predicted molar refractivity (Wildman–Crippen MR) is 188 cm³/mol. The van der Waals surface area contributed by atoms with Gasteiger partial charge in [0.05, 0.1) is 16.8 Å². The molecule has 0 bridgehead atoms. The summed E-state index contributed by atoms with van der Waals surface area (Å²) in [7, 11) is 0. The number of likely N-dealkylation sites (tertiary alicyclic amines) is 2. The fourth-order valence-corrected chi connectivity index (χ4v) is 7.14. The van der Waals surface area contributed by atoms with Gasteiger partial charge in [-0.05, 0) is 86.1 Å². The highest BCUT2D eigenvalue weighted by Crippen LogP contribution is 2.41. The summed E-state index contributed by atoms with van der Waals surface area (Å²) in [5.41, 5.74) is 13.4. The molecule has 2 saturated heterocycles. The number of rotatable bonds is 7. The number of piperidine rings is 1. The van der Waals surface area contributed by atoms with Crippen LogP contribution in [0.5, 0.6) is 5.75 Å². The zero-order chi connectivity index (χ0) is 33.5. The fraction of sp³-hybridized carbons (Fsp3) is 0.205. The van der Waals surface area contributed by atoms with Gasteiger partial charge in [-0.3, -0.25) is 19.1 Å². The van der Waals surface area contributed by atoms with Gasteiger partial charge in [0, 0.05) is 48.1 Å². The van der Waals surface area contributed by atoms with Gasteiger partial charge in [-0.15, -0.1) is 0 Å². The van der Waals surface area contributed by atoms with Crippen molar-refractivity contribution in [2.75, 3.05) is 31.9 Å². The zero-order valence-electron chi connectivity index (χ0n) is 26.9. The summed E-state index contributed by atoms with van der Waals surface area (Å²) < 4.78 is 2.06. The van der Waals surface area contributed by atoms with Crippen molar-refractivity contribution in [3.05, 3.63) is 120 Å². The van der Waals surface area contributed by atoms with E-state index in [-0.39, 0.29) is 22.6 Å². The Morgan fingerprint density at radius 3 is 2.39 bits per heavy atom. The number of amides is 1. The molecule has 0 atom stereocenters. The molecule has 1 spiro atoms. The summed E-state index contributed by atoms with van der Waals surface area (Å²) >= 11 is 0. The normalized spacial score (nSPS) is 15.7. The van der Waals surface area contributed by atoms with Crippen molar-refractivity contribution in [3.8, 4) is 34.1 Å². The number of nitrogens with zero attached hydrogens (tertiary/aromatic N) is 6. The number of carbonyl (C=O) groups excluding carboxylic acids is 2. The number of fused-ring (bicyclic) bond motifs is 1. The standard InChI is InChI=1S/C39H35N7O3/c40-35-31(7-4-18-41-35)36-43-33-15-14-32(27-5-2-1-3-6-27)42-37(33)46(36)30-12-8-26(9-13-30)22-44-19-16-39(17-20-44)24-45(25-39)38(49)28-10-11-29(23-47)34(48)21-28/h1-15,18,21,23,48H,16-17,19-20,22,24-25H2,(H2,40,41). The smallest absolute Gasteiger partial charge is 0.254 e. The summed E-state index contributed by atoms with van der Waals surface area (Å²) in [6.07, 6.45) is 4.31. The van der Waals surface area contributed by atoms with Crippen LogP contribution in [0.2, 0.25) is 0 Å². The number of imidazole rings is 1. The van der Waals surface area contributed by atoms with E-state index in [0.29, 0.717) is 36.6 Å². The first kappa shape index (κ1) is 30.5. The van der Waals surface area contributed by atoms with Crippen molar-refractivity contribution in [1.29, 1.82) is 0 Å². The number of carbonyl (C=O) groups is 2. The van der Waals surface area contributed by atoms with Crippen molar-refractivity contribution < 1.29 is 14.7 Å². The molecule has 3 N–H and O–H groups in total. The van der Waals surface area contributed by atoms with Gasteiger partial charge in [-0.1, -0.05) is 42.5 Å². The van der Waals surface area contributed by atoms with Crippen LogP contribution < -0.4 is 5.73 Å². The molecule has 1 amide bonds. The molecule has 0 saturated carbocycles. The predicted octanol–water partition coefficient (Wildman–Crippen LogP) is 5.99. The second kappa shape index (κ2) is 12.3. The number of phenols is 1. The average Bonchev–Trinajstić information content (AvgIpc) is 3.50. The highest BCUT2D eigenvalue weighted by molar-refractivity contribution is 5.96. The molecule has 10 nitrogen and oxygen atoms in total. The molecule has 0 unspecified atom stereocenters. The summed E-state index contributed by atoms with van der Waals surface area (Å²) in [6, 6.07) is 30.9. The van der Waals surface area contributed by atoms with Gasteiger partial charge < -0.3 is 15.7 Å². The Balaban J connectivity index is 0.976. The molecule has 10 heteroatoms. The minimum absolute atomic E-state index is 0.104. The molecular formula is C39H35N7O3. The van der Waals surface area contributed by atoms with Crippen LogP contribution in [0.25, 0.3) is 39.5 Å². The number of benzene rings is 3. The Morgan fingerprint density at radius 1 is 0.898 bits per heavy atom. The Labute approximate surface area is 283 Å². The number of nitrogen functional groups attached to an aromatic ring is 1. The fourth-order valence-electron chi connectivity index (χ4n) is 7.14. The zero-order valence-corrected chi connectivity index (χ0v) is 26.9. The minimum Gasteiger partial charge on any atom is -0.507 e. The topological polar surface area (TPSA) is 130 Å². The van der Waals surface area contributed by atoms with Gasteiger partial charge in [-0.2, -0.15) is 0 Å². The number of aromatic hydroxyl groups is 1. The van der Waals surface area contributed by atoms with Gasteiger partial charge in [0.2, 0.25) is 0 Å². The van der Waals surface area contributed by atoms with Crippen molar-refractivity contribution in [2.24, 2.45) is 5.41 Å². The van der Waals surface area contributed by atoms with E-state index in [1.165, 1.54) is 17.7 Å². The second-order valence-corrected chi connectivity index (χ2v) is 13.1. The van der Waals surface area contributed by atoms with Crippen LogP contribution in [0, 0.1) is 5.41 Å². The molecule has 244 valence electrons. The van der Waals surface area contributed by atoms with Gasteiger partial charge in [-0.25, -0.2) is 15.0 Å². The first-order valence-corrected chi connectivity index (χ1v) is 16.4. The molecule has 2 aliphatic heterocycles.